The maximum absolute atomic E-state index is 12.0. The average molecular weight is 290 g/mol. The van der Waals surface area contributed by atoms with E-state index in [1.807, 2.05) is 0 Å². The number of rotatable bonds is 4. The summed E-state index contributed by atoms with van der Waals surface area (Å²) in [6, 6.07) is 14.6. The van der Waals surface area contributed by atoms with E-state index in [1.54, 1.807) is 49.6 Å². The normalized spacial score (nSPS) is 12.2. The number of benzene rings is 2. The summed E-state index contributed by atoms with van der Waals surface area (Å²) in [6.07, 6.45) is 0. The van der Waals surface area contributed by atoms with Crippen LogP contribution in [0, 0.1) is 0 Å². The van der Waals surface area contributed by atoms with E-state index in [9.17, 15) is 8.42 Å². The molecule has 0 aliphatic carbocycles. The summed E-state index contributed by atoms with van der Waals surface area (Å²) in [6.45, 7) is 0. The Balaban J connectivity index is 2.34. The first-order valence-corrected chi connectivity index (χ1v) is 7.27. The van der Waals surface area contributed by atoms with E-state index in [4.69, 9.17) is 10.5 Å². The number of hydrogen-bond donors (Lipinski definition) is 1. The van der Waals surface area contributed by atoms with Crippen molar-refractivity contribution in [3.63, 3.8) is 0 Å². The van der Waals surface area contributed by atoms with Crippen LogP contribution in [0.5, 0.6) is 5.75 Å². The minimum Gasteiger partial charge on any atom is -0.497 e. The minimum atomic E-state index is -3.79. The predicted octanol–water partition coefficient (Wildman–Crippen LogP) is 1.79. The zero-order valence-corrected chi connectivity index (χ0v) is 11.7. The molecule has 2 rings (SSSR count). The second kappa shape index (κ2) is 5.75. The first-order chi connectivity index (χ1) is 9.53. The lowest BCUT2D eigenvalue weighted by molar-refractivity contribution is 0.415. The molecule has 0 aromatic heterocycles. The molecule has 0 radical (unpaired) electrons. The average Bonchev–Trinajstić information content (AvgIpc) is 2.48. The highest BCUT2D eigenvalue weighted by atomic mass is 32.2. The molecule has 2 aromatic rings. The Morgan fingerprint density at radius 3 is 2.20 bits per heavy atom. The lowest BCUT2D eigenvalue weighted by Crippen LogP contribution is -2.16. The molecular weight excluding hydrogens is 276 g/mol. The molecule has 0 spiro atoms. The van der Waals surface area contributed by atoms with Crippen LogP contribution in [0.15, 0.2) is 63.9 Å². The smallest absolute Gasteiger partial charge is 0.284 e. The van der Waals surface area contributed by atoms with Crippen molar-refractivity contribution >= 4 is 15.9 Å². The molecule has 5 nitrogen and oxygen atoms in total. The number of amidine groups is 1. The van der Waals surface area contributed by atoms with Crippen molar-refractivity contribution in [3.8, 4) is 5.75 Å². The maximum atomic E-state index is 12.0. The van der Waals surface area contributed by atoms with Crippen LogP contribution in [0.1, 0.15) is 5.56 Å². The molecule has 0 aliphatic heterocycles. The summed E-state index contributed by atoms with van der Waals surface area (Å²) in [5, 5.41) is 0. The Morgan fingerprint density at radius 2 is 1.65 bits per heavy atom. The Bertz CT molecular complexity index is 708. The number of ether oxygens (including phenoxy) is 1. The molecule has 0 amide bonds. The fourth-order valence-corrected chi connectivity index (χ4v) is 2.56. The molecule has 0 aliphatic rings. The second-order valence-electron chi connectivity index (χ2n) is 3.99. The molecule has 0 saturated heterocycles. The van der Waals surface area contributed by atoms with Crippen LogP contribution < -0.4 is 10.5 Å². The van der Waals surface area contributed by atoms with Crippen molar-refractivity contribution in [3.05, 3.63) is 60.2 Å². The molecule has 20 heavy (non-hydrogen) atoms. The number of nitrogens with zero attached hydrogens (tertiary/aromatic N) is 1. The fourth-order valence-electron chi connectivity index (χ4n) is 1.59. The molecule has 0 saturated carbocycles. The van der Waals surface area contributed by atoms with Gasteiger partial charge in [0.15, 0.2) is 0 Å². The maximum Gasteiger partial charge on any atom is 0.284 e. The van der Waals surface area contributed by atoms with E-state index in [0.29, 0.717) is 11.3 Å². The van der Waals surface area contributed by atoms with Gasteiger partial charge in [-0.15, -0.1) is 4.40 Å². The van der Waals surface area contributed by atoms with Gasteiger partial charge >= 0.3 is 0 Å². The van der Waals surface area contributed by atoms with Crippen molar-refractivity contribution in [2.24, 2.45) is 10.1 Å². The van der Waals surface area contributed by atoms with Gasteiger partial charge < -0.3 is 10.5 Å². The van der Waals surface area contributed by atoms with Crippen LogP contribution in [0.4, 0.5) is 0 Å². The van der Waals surface area contributed by atoms with Gasteiger partial charge in [0.25, 0.3) is 10.0 Å². The molecule has 0 heterocycles. The monoisotopic (exact) mass is 290 g/mol. The topological polar surface area (TPSA) is 81.8 Å². The van der Waals surface area contributed by atoms with Crippen LogP contribution in [0.2, 0.25) is 0 Å². The molecule has 0 unspecified atom stereocenters. The van der Waals surface area contributed by atoms with Crippen LogP contribution in [-0.2, 0) is 10.0 Å². The van der Waals surface area contributed by atoms with Gasteiger partial charge in [-0.3, -0.25) is 0 Å². The van der Waals surface area contributed by atoms with E-state index in [0.717, 1.165) is 0 Å². The number of methoxy groups -OCH3 is 1. The SMILES string of the molecule is COc1ccc(C(N)=NS(=O)(=O)c2ccccc2)cc1. The van der Waals surface area contributed by atoms with Crippen LogP contribution in [0.3, 0.4) is 0 Å². The van der Waals surface area contributed by atoms with E-state index in [1.165, 1.54) is 12.1 Å². The highest BCUT2D eigenvalue weighted by Crippen LogP contribution is 2.14. The lowest BCUT2D eigenvalue weighted by atomic mass is 10.2. The first-order valence-electron chi connectivity index (χ1n) is 5.83. The molecule has 2 N–H and O–H groups in total. The molecule has 2 aromatic carbocycles. The van der Waals surface area contributed by atoms with Crippen LogP contribution in [0.25, 0.3) is 0 Å². The van der Waals surface area contributed by atoms with Crippen molar-refractivity contribution in [1.82, 2.24) is 0 Å². The van der Waals surface area contributed by atoms with Crippen molar-refractivity contribution < 1.29 is 13.2 Å². The highest BCUT2D eigenvalue weighted by molar-refractivity contribution is 7.90. The summed E-state index contributed by atoms with van der Waals surface area (Å²) >= 11 is 0. The second-order valence-corrected chi connectivity index (χ2v) is 5.60. The van der Waals surface area contributed by atoms with E-state index in [2.05, 4.69) is 4.40 Å². The predicted molar refractivity (Wildman–Crippen MR) is 77.3 cm³/mol. The van der Waals surface area contributed by atoms with Gasteiger partial charge in [-0.05, 0) is 36.4 Å². The molecule has 104 valence electrons. The third-order valence-electron chi connectivity index (χ3n) is 2.65. The molecule has 0 atom stereocenters. The first kappa shape index (κ1) is 14.1. The Hall–Kier alpha value is -2.34. The van der Waals surface area contributed by atoms with Gasteiger partial charge in [-0.2, -0.15) is 8.42 Å². The quantitative estimate of drug-likeness (QED) is 0.687. The largest absolute Gasteiger partial charge is 0.497 e. The highest BCUT2D eigenvalue weighted by Gasteiger charge is 2.13. The lowest BCUT2D eigenvalue weighted by Gasteiger charge is -2.04. The summed E-state index contributed by atoms with van der Waals surface area (Å²) < 4.78 is 32.7. The summed E-state index contributed by atoms with van der Waals surface area (Å²) in [5.41, 5.74) is 6.26. The van der Waals surface area contributed by atoms with E-state index >= 15 is 0 Å². The number of sulfonamides is 1. The van der Waals surface area contributed by atoms with Gasteiger partial charge in [0.1, 0.15) is 11.6 Å². The summed E-state index contributed by atoms with van der Waals surface area (Å²) in [5.74, 6) is 0.601. The van der Waals surface area contributed by atoms with Crippen LogP contribution >= 0.6 is 0 Å². The summed E-state index contributed by atoms with van der Waals surface area (Å²) in [7, 11) is -2.24. The van der Waals surface area contributed by atoms with Crippen molar-refractivity contribution in [2.45, 2.75) is 4.90 Å². The van der Waals surface area contributed by atoms with Crippen LogP contribution in [-0.4, -0.2) is 21.4 Å². The van der Waals surface area contributed by atoms with Gasteiger partial charge in [-0.25, -0.2) is 0 Å². The minimum absolute atomic E-state index is 0.0588. The van der Waals surface area contributed by atoms with Crippen molar-refractivity contribution in [1.29, 1.82) is 0 Å². The number of nitrogens with two attached hydrogens (primary N) is 1. The number of hydrogen-bond acceptors (Lipinski definition) is 3. The Kier molecular flexibility index (Phi) is 4.05. The van der Waals surface area contributed by atoms with Crippen molar-refractivity contribution in [2.75, 3.05) is 7.11 Å². The molecule has 0 bridgehead atoms. The third kappa shape index (κ3) is 3.16. The summed E-state index contributed by atoms with van der Waals surface area (Å²) in [4.78, 5) is 0.108. The Morgan fingerprint density at radius 1 is 1.05 bits per heavy atom. The molecular formula is C14H14N2O3S. The van der Waals surface area contributed by atoms with Gasteiger partial charge in [0.05, 0.1) is 12.0 Å². The standard InChI is InChI=1S/C14H14N2O3S/c1-19-12-9-7-11(8-10-12)14(15)16-20(17,18)13-5-3-2-4-6-13/h2-10H,1H3,(H2,15,16). The Labute approximate surface area is 117 Å². The molecule has 0 fully saturated rings. The van der Waals surface area contributed by atoms with E-state index in [-0.39, 0.29) is 10.7 Å². The van der Waals surface area contributed by atoms with Gasteiger partial charge in [0, 0.05) is 5.56 Å². The zero-order chi connectivity index (χ0) is 14.6. The van der Waals surface area contributed by atoms with E-state index < -0.39 is 10.0 Å². The molecule has 6 heteroatoms. The third-order valence-corrected chi connectivity index (χ3v) is 3.95. The van der Waals surface area contributed by atoms with Gasteiger partial charge in [0.2, 0.25) is 0 Å². The fraction of sp³-hybridized carbons (Fsp3) is 0.0714. The van der Waals surface area contributed by atoms with Gasteiger partial charge in [-0.1, -0.05) is 18.2 Å². The zero-order valence-electron chi connectivity index (χ0n) is 10.9.